The average Bonchev–Trinajstić information content (AvgIpc) is 2.59. The van der Waals surface area contributed by atoms with Gasteiger partial charge in [0, 0.05) is 6.54 Å². The molecule has 0 bridgehead atoms. The SMILES string of the molecule is CCN1CCC(CNC(=O)COc2ccc(C#N)cc2)CC1. The number of benzene rings is 1. The third-order valence-corrected chi connectivity index (χ3v) is 4.10. The molecule has 5 heteroatoms. The predicted molar refractivity (Wildman–Crippen MR) is 84.5 cm³/mol. The van der Waals surface area contributed by atoms with Gasteiger partial charge in [0.15, 0.2) is 6.61 Å². The van der Waals surface area contributed by atoms with Gasteiger partial charge in [-0.25, -0.2) is 0 Å². The lowest BCUT2D eigenvalue weighted by atomic mass is 9.97. The maximum absolute atomic E-state index is 11.8. The molecule has 5 nitrogen and oxygen atoms in total. The molecule has 1 aliphatic rings. The molecule has 118 valence electrons. The van der Waals surface area contributed by atoms with E-state index in [2.05, 4.69) is 17.1 Å². The van der Waals surface area contributed by atoms with Crippen LogP contribution in [0, 0.1) is 17.2 Å². The van der Waals surface area contributed by atoms with Gasteiger partial charge in [-0.15, -0.1) is 0 Å². The zero-order valence-corrected chi connectivity index (χ0v) is 13.0. The van der Waals surface area contributed by atoms with Crippen molar-refractivity contribution in [1.82, 2.24) is 10.2 Å². The zero-order chi connectivity index (χ0) is 15.8. The molecule has 1 aliphatic heterocycles. The number of amides is 1. The molecule has 1 heterocycles. The zero-order valence-electron chi connectivity index (χ0n) is 13.0. The average molecular weight is 301 g/mol. The highest BCUT2D eigenvalue weighted by atomic mass is 16.5. The van der Waals surface area contributed by atoms with Crippen molar-refractivity contribution >= 4 is 5.91 Å². The molecule has 0 atom stereocenters. The second kappa shape index (κ2) is 8.40. The molecule has 1 aromatic rings. The molecule has 0 saturated carbocycles. The summed E-state index contributed by atoms with van der Waals surface area (Å²) in [7, 11) is 0. The highest BCUT2D eigenvalue weighted by Gasteiger charge is 2.18. The molecule has 0 radical (unpaired) electrons. The van der Waals surface area contributed by atoms with E-state index in [1.807, 2.05) is 6.07 Å². The molecule has 1 saturated heterocycles. The van der Waals surface area contributed by atoms with Crippen LogP contribution in [-0.2, 0) is 4.79 Å². The Hall–Kier alpha value is -2.06. The first kappa shape index (κ1) is 16.3. The summed E-state index contributed by atoms with van der Waals surface area (Å²) >= 11 is 0. The summed E-state index contributed by atoms with van der Waals surface area (Å²) in [5.74, 6) is 1.08. The van der Waals surface area contributed by atoms with Crippen molar-refractivity contribution in [3.8, 4) is 11.8 Å². The molecule has 1 N–H and O–H groups in total. The van der Waals surface area contributed by atoms with Crippen LogP contribution in [0.1, 0.15) is 25.3 Å². The minimum absolute atomic E-state index is 0.0136. The number of likely N-dealkylation sites (tertiary alicyclic amines) is 1. The summed E-state index contributed by atoms with van der Waals surface area (Å²) in [4.78, 5) is 14.2. The summed E-state index contributed by atoms with van der Waals surface area (Å²) in [6, 6.07) is 8.80. The van der Waals surface area contributed by atoms with Gasteiger partial charge in [0.25, 0.3) is 5.91 Å². The van der Waals surface area contributed by atoms with E-state index in [0.29, 0.717) is 17.2 Å². The molecule has 0 unspecified atom stereocenters. The van der Waals surface area contributed by atoms with Gasteiger partial charge in [-0.1, -0.05) is 6.92 Å². The molecular formula is C17H23N3O2. The summed E-state index contributed by atoms with van der Waals surface area (Å²) in [6.07, 6.45) is 2.29. The Labute approximate surface area is 131 Å². The largest absolute Gasteiger partial charge is 0.484 e. The standard InChI is InChI=1S/C17H23N3O2/c1-2-20-9-7-15(8-10-20)12-19-17(21)13-22-16-5-3-14(11-18)4-6-16/h3-6,15H,2,7-10,12-13H2,1H3,(H,19,21). The van der Waals surface area contributed by atoms with Crippen molar-refractivity contribution in [3.05, 3.63) is 29.8 Å². The number of ether oxygens (including phenoxy) is 1. The van der Waals surface area contributed by atoms with Gasteiger partial charge in [0.2, 0.25) is 0 Å². The minimum atomic E-state index is -0.0951. The lowest BCUT2D eigenvalue weighted by Gasteiger charge is -2.31. The number of rotatable bonds is 6. The first-order valence-corrected chi connectivity index (χ1v) is 7.83. The van der Waals surface area contributed by atoms with E-state index in [1.165, 1.54) is 0 Å². The van der Waals surface area contributed by atoms with E-state index in [9.17, 15) is 4.79 Å². The molecule has 1 aromatic carbocycles. The quantitative estimate of drug-likeness (QED) is 0.870. The van der Waals surface area contributed by atoms with E-state index in [1.54, 1.807) is 24.3 Å². The van der Waals surface area contributed by atoms with Crippen LogP contribution in [0.4, 0.5) is 0 Å². The fourth-order valence-corrected chi connectivity index (χ4v) is 2.59. The van der Waals surface area contributed by atoms with Crippen LogP contribution >= 0.6 is 0 Å². The highest BCUT2D eigenvalue weighted by Crippen LogP contribution is 2.16. The fraction of sp³-hybridized carbons (Fsp3) is 0.529. The van der Waals surface area contributed by atoms with Crippen LogP contribution in [0.5, 0.6) is 5.75 Å². The van der Waals surface area contributed by atoms with Crippen LogP contribution < -0.4 is 10.1 Å². The maximum atomic E-state index is 11.8. The van der Waals surface area contributed by atoms with Gasteiger partial charge >= 0.3 is 0 Å². The van der Waals surface area contributed by atoms with Crippen LogP contribution in [0.3, 0.4) is 0 Å². The van der Waals surface area contributed by atoms with Crippen molar-refractivity contribution < 1.29 is 9.53 Å². The number of carbonyl (C=O) groups excluding carboxylic acids is 1. The van der Waals surface area contributed by atoms with Gasteiger partial charge in [-0.2, -0.15) is 5.26 Å². The second-order valence-electron chi connectivity index (χ2n) is 5.61. The normalized spacial score (nSPS) is 16.0. The smallest absolute Gasteiger partial charge is 0.257 e. The third-order valence-electron chi connectivity index (χ3n) is 4.10. The van der Waals surface area contributed by atoms with Gasteiger partial charge < -0.3 is 15.0 Å². The van der Waals surface area contributed by atoms with Gasteiger partial charge in [0.1, 0.15) is 5.75 Å². The molecule has 2 rings (SSSR count). The van der Waals surface area contributed by atoms with Gasteiger partial charge in [0.05, 0.1) is 11.6 Å². The molecule has 0 aromatic heterocycles. The lowest BCUT2D eigenvalue weighted by Crippen LogP contribution is -2.39. The van der Waals surface area contributed by atoms with E-state index < -0.39 is 0 Å². The van der Waals surface area contributed by atoms with Crippen molar-refractivity contribution in [2.75, 3.05) is 32.8 Å². The van der Waals surface area contributed by atoms with E-state index in [-0.39, 0.29) is 12.5 Å². The van der Waals surface area contributed by atoms with Crippen LogP contribution in [0.25, 0.3) is 0 Å². The molecule has 1 fully saturated rings. The van der Waals surface area contributed by atoms with Crippen LogP contribution in [-0.4, -0.2) is 43.6 Å². The summed E-state index contributed by atoms with van der Waals surface area (Å²) in [6.45, 7) is 6.28. The Bertz CT molecular complexity index is 514. The molecule has 22 heavy (non-hydrogen) atoms. The lowest BCUT2D eigenvalue weighted by molar-refractivity contribution is -0.123. The minimum Gasteiger partial charge on any atom is -0.484 e. The number of carbonyl (C=O) groups is 1. The maximum Gasteiger partial charge on any atom is 0.257 e. The number of nitrogens with one attached hydrogen (secondary N) is 1. The Balaban J connectivity index is 1.64. The Kier molecular flexibility index (Phi) is 6.23. The first-order chi connectivity index (χ1) is 10.7. The van der Waals surface area contributed by atoms with E-state index >= 15 is 0 Å². The number of hydrogen-bond acceptors (Lipinski definition) is 4. The molecule has 0 aliphatic carbocycles. The number of nitrogens with zero attached hydrogens (tertiary/aromatic N) is 2. The van der Waals surface area contributed by atoms with E-state index in [4.69, 9.17) is 10.00 Å². The molecule has 0 spiro atoms. The molecular weight excluding hydrogens is 278 g/mol. The van der Waals surface area contributed by atoms with Crippen molar-refractivity contribution in [2.45, 2.75) is 19.8 Å². The Morgan fingerprint density at radius 2 is 2.05 bits per heavy atom. The van der Waals surface area contributed by atoms with Crippen molar-refractivity contribution in [3.63, 3.8) is 0 Å². The van der Waals surface area contributed by atoms with Crippen LogP contribution in [0.2, 0.25) is 0 Å². The number of hydrogen-bond donors (Lipinski definition) is 1. The van der Waals surface area contributed by atoms with Crippen molar-refractivity contribution in [1.29, 1.82) is 5.26 Å². The first-order valence-electron chi connectivity index (χ1n) is 7.83. The third kappa shape index (κ3) is 5.05. The van der Waals surface area contributed by atoms with Crippen molar-refractivity contribution in [2.24, 2.45) is 5.92 Å². The topological polar surface area (TPSA) is 65.4 Å². The highest BCUT2D eigenvalue weighted by molar-refractivity contribution is 5.77. The number of piperidine rings is 1. The van der Waals surface area contributed by atoms with E-state index in [0.717, 1.165) is 39.0 Å². The summed E-state index contributed by atoms with van der Waals surface area (Å²) in [5, 5.41) is 11.7. The fourth-order valence-electron chi connectivity index (χ4n) is 2.59. The summed E-state index contributed by atoms with van der Waals surface area (Å²) < 4.78 is 5.41. The monoisotopic (exact) mass is 301 g/mol. The molecule has 1 amide bonds. The van der Waals surface area contributed by atoms with Gasteiger partial charge in [-0.3, -0.25) is 4.79 Å². The Morgan fingerprint density at radius 1 is 1.36 bits per heavy atom. The van der Waals surface area contributed by atoms with Crippen LogP contribution in [0.15, 0.2) is 24.3 Å². The Morgan fingerprint density at radius 3 is 2.64 bits per heavy atom. The predicted octanol–water partition coefficient (Wildman–Crippen LogP) is 1.79. The van der Waals surface area contributed by atoms with Gasteiger partial charge in [-0.05, 0) is 62.7 Å². The summed E-state index contributed by atoms with van der Waals surface area (Å²) in [5.41, 5.74) is 0.579. The second-order valence-corrected chi connectivity index (χ2v) is 5.61. The number of nitriles is 1.